The summed E-state index contributed by atoms with van der Waals surface area (Å²) in [6, 6.07) is 0. The summed E-state index contributed by atoms with van der Waals surface area (Å²) in [5, 5.41) is 0. The van der Waals surface area contributed by atoms with E-state index in [4.69, 9.17) is 0 Å². The van der Waals surface area contributed by atoms with Gasteiger partial charge in [-0.15, -0.1) is 0 Å². The van der Waals surface area contributed by atoms with Gasteiger partial charge in [0.25, 0.3) is 0 Å². The first-order valence-corrected chi connectivity index (χ1v) is 18.9. The van der Waals surface area contributed by atoms with Gasteiger partial charge in [-0.1, -0.05) is 168 Å². The monoisotopic (exact) mass is 744 g/mol. The third kappa shape index (κ3) is 32.8. The lowest BCUT2D eigenvalue weighted by Gasteiger charge is -2.03. The minimum Gasteiger partial charge on any atom is -1.00 e. The molecule has 0 fully saturated rings. The Hall–Kier alpha value is -0.620. The molecule has 2 aromatic heterocycles. The van der Waals surface area contributed by atoms with Crippen LogP contribution in [0.3, 0.4) is 0 Å². The van der Waals surface area contributed by atoms with Crippen LogP contribution in [0.5, 0.6) is 0 Å². The molecule has 2 heterocycles. The van der Waals surface area contributed by atoms with E-state index in [1.54, 1.807) is 0 Å². The Morgan fingerprint density at radius 3 is 0.773 bits per heavy atom. The van der Waals surface area contributed by atoms with Crippen molar-refractivity contribution in [2.75, 3.05) is 0 Å². The molecule has 4 nitrogen and oxygen atoms in total. The first-order chi connectivity index (χ1) is 20.9. The van der Waals surface area contributed by atoms with Crippen LogP contribution in [0, 0.1) is 0 Å². The van der Waals surface area contributed by atoms with Crippen molar-refractivity contribution >= 4 is 0 Å². The highest BCUT2D eigenvalue weighted by Crippen LogP contribution is 2.14. The quantitative estimate of drug-likeness (QED) is 0.0776. The molecule has 0 atom stereocenters. The van der Waals surface area contributed by atoms with Gasteiger partial charge in [0.2, 0.25) is 12.7 Å². The molecule has 0 saturated carbocycles. The van der Waals surface area contributed by atoms with E-state index >= 15 is 0 Å². The molecule has 0 radical (unpaired) electrons. The highest BCUT2D eigenvalue weighted by atomic mass is 79.9. The molecule has 44 heavy (non-hydrogen) atoms. The molecule has 2 rings (SSSR count). The predicted molar refractivity (Wildman–Crippen MR) is 183 cm³/mol. The standard InChI is InChI=1S/2C19H36N2.2BrH/c2*1-2-3-4-5-6-7-8-9-10-11-12-13-14-15-17-21-18-16-20-19-21;;/h2*16,18-19H,2-15,17H2,1H3;2*1H. The number of hydrogen-bond acceptors (Lipinski definition) is 0. The smallest absolute Gasteiger partial charge is 0.241 e. The number of H-pyrrole nitrogens is 2. The second-order valence-corrected chi connectivity index (χ2v) is 12.9. The number of aromatic amines is 2. The van der Waals surface area contributed by atoms with Crippen molar-refractivity contribution in [1.82, 2.24) is 9.97 Å². The van der Waals surface area contributed by atoms with Crippen LogP contribution in [0.1, 0.15) is 194 Å². The van der Waals surface area contributed by atoms with Gasteiger partial charge in [0, 0.05) is 0 Å². The Kier molecular flexibility index (Phi) is 39.9. The fraction of sp³-hybridized carbons (Fsp3) is 0.842. The van der Waals surface area contributed by atoms with E-state index in [1.807, 2.05) is 25.0 Å². The molecule has 2 N–H and O–H groups in total. The second kappa shape index (κ2) is 38.6. The second-order valence-electron chi connectivity index (χ2n) is 12.9. The number of rotatable bonds is 30. The van der Waals surface area contributed by atoms with E-state index in [0.29, 0.717) is 0 Å². The zero-order valence-corrected chi connectivity index (χ0v) is 32.5. The van der Waals surface area contributed by atoms with Crippen LogP contribution in [0.15, 0.2) is 37.4 Å². The van der Waals surface area contributed by atoms with E-state index < -0.39 is 0 Å². The highest BCUT2D eigenvalue weighted by Gasteiger charge is 1.99. The van der Waals surface area contributed by atoms with E-state index in [2.05, 4.69) is 45.3 Å². The van der Waals surface area contributed by atoms with Gasteiger partial charge in [-0.3, -0.25) is 9.97 Å². The lowest BCUT2D eigenvalue weighted by molar-refractivity contribution is -0.696. The maximum absolute atomic E-state index is 3.09. The summed E-state index contributed by atoms with van der Waals surface area (Å²) in [5.74, 6) is 0. The van der Waals surface area contributed by atoms with Crippen LogP contribution in [-0.2, 0) is 13.1 Å². The number of nitrogens with one attached hydrogen (secondary N) is 2. The van der Waals surface area contributed by atoms with Crippen LogP contribution in [0.25, 0.3) is 0 Å². The van der Waals surface area contributed by atoms with Crippen molar-refractivity contribution in [3.8, 4) is 0 Å². The fourth-order valence-electron chi connectivity index (χ4n) is 5.90. The molecule has 0 amide bonds. The summed E-state index contributed by atoms with van der Waals surface area (Å²) >= 11 is 0. The van der Waals surface area contributed by atoms with Crippen molar-refractivity contribution in [3.05, 3.63) is 37.4 Å². The summed E-state index contributed by atoms with van der Waals surface area (Å²) < 4.78 is 4.47. The van der Waals surface area contributed by atoms with Crippen molar-refractivity contribution in [2.24, 2.45) is 0 Å². The van der Waals surface area contributed by atoms with E-state index in [9.17, 15) is 0 Å². The Morgan fingerprint density at radius 2 is 0.568 bits per heavy atom. The van der Waals surface area contributed by atoms with Crippen LogP contribution in [-0.4, -0.2) is 9.97 Å². The molecular weight excluding hydrogens is 672 g/mol. The number of nitrogens with zero attached hydrogens (tertiary/aromatic N) is 2. The normalized spacial score (nSPS) is 10.6. The van der Waals surface area contributed by atoms with Crippen LogP contribution >= 0.6 is 0 Å². The Morgan fingerprint density at radius 1 is 0.341 bits per heavy atom. The van der Waals surface area contributed by atoms with Gasteiger partial charge in [0.1, 0.15) is 24.8 Å². The van der Waals surface area contributed by atoms with E-state index in [0.717, 1.165) is 0 Å². The first-order valence-electron chi connectivity index (χ1n) is 18.9. The molecular formula is C38H74Br2N4. The summed E-state index contributed by atoms with van der Waals surface area (Å²) in [4.78, 5) is 6.18. The summed E-state index contributed by atoms with van der Waals surface area (Å²) in [6.07, 6.45) is 52.4. The van der Waals surface area contributed by atoms with Crippen molar-refractivity contribution in [3.63, 3.8) is 0 Å². The van der Waals surface area contributed by atoms with Gasteiger partial charge in [-0.2, -0.15) is 0 Å². The molecule has 0 spiro atoms. The summed E-state index contributed by atoms with van der Waals surface area (Å²) in [6.45, 7) is 6.92. The maximum Gasteiger partial charge on any atom is 0.241 e. The van der Waals surface area contributed by atoms with Gasteiger partial charge < -0.3 is 34.0 Å². The van der Waals surface area contributed by atoms with E-state index in [1.165, 1.54) is 193 Å². The Labute approximate surface area is 295 Å². The number of aromatic nitrogens is 4. The molecule has 0 aliphatic rings. The number of halogens is 2. The van der Waals surface area contributed by atoms with Gasteiger partial charge in [-0.25, -0.2) is 9.13 Å². The van der Waals surface area contributed by atoms with Crippen LogP contribution in [0.2, 0.25) is 0 Å². The summed E-state index contributed by atoms with van der Waals surface area (Å²) in [5.41, 5.74) is 0. The SMILES string of the molecule is CCCCCCCCCCCCCCCC[n+]1cc[nH]c1.CCCCCCCCCCCCCCCC[n+]1cc[nH]c1.[Br-].[Br-]. The molecule has 0 aliphatic heterocycles. The minimum atomic E-state index is 0. The van der Waals surface area contributed by atoms with Gasteiger partial charge in [0.15, 0.2) is 0 Å². The largest absolute Gasteiger partial charge is 1.00 e. The Balaban J connectivity index is 0. The van der Waals surface area contributed by atoms with Crippen molar-refractivity contribution < 1.29 is 43.1 Å². The number of aryl methyl sites for hydroxylation is 2. The average molecular weight is 747 g/mol. The lowest BCUT2D eigenvalue weighted by Crippen LogP contribution is -3.00. The molecule has 0 aromatic carbocycles. The average Bonchev–Trinajstić information content (AvgIpc) is 3.73. The number of hydrogen-bond donors (Lipinski definition) is 2. The molecule has 260 valence electrons. The van der Waals surface area contributed by atoms with Crippen LogP contribution < -0.4 is 43.1 Å². The lowest BCUT2D eigenvalue weighted by atomic mass is 10.0. The van der Waals surface area contributed by atoms with Gasteiger partial charge in [0.05, 0.1) is 13.1 Å². The molecule has 0 saturated heterocycles. The van der Waals surface area contributed by atoms with Gasteiger partial charge in [-0.05, 0) is 25.7 Å². The van der Waals surface area contributed by atoms with Crippen molar-refractivity contribution in [2.45, 2.75) is 207 Å². The fourth-order valence-corrected chi connectivity index (χ4v) is 5.90. The third-order valence-electron chi connectivity index (χ3n) is 8.74. The minimum absolute atomic E-state index is 0. The molecule has 2 aromatic rings. The zero-order valence-electron chi connectivity index (χ0n) is 29.3. The third-order valence-corrected chi connectivity index (χ3v) is 8.74. The maximum atomic E-state index is 3.09. The predicted octanol–water partition coefficient (Wildman–Crippen LogP) is 5.58. The van der Waals surface area contributed by atoms with E-state index in [-0.39, 0.29) is 34.0 Å². The van der Waals surface area contributed by atoms with Crippen molar-refractivity contribution in [1.29, 1.82) is 0 Å². The highest BCUT2D eigenvalue weighted by molar-refractivity contribution is 4.56. The molecule has 6 heteroatoms. The Bertz CT molecular complexity index is 659. The summed E-state index contributed by atoms with van der Waals surface area (Å²) in [7, 11) is 0. The first kappa shape index (κ1) is 45.5. The molecule has 0 bridgehead atoms. The molecule has 0 aliphatic carbocycles. The number of unbranched alkanes of at least 4 members (excludes halogenated alkanes) is 26. The van der Waals surface area contributed by atoms with Gasteiger partial charge >= 0.3 is 0 Å². The zero-order chi connectivity index (χ0) is 30.0. The number of imidazole rings is 2. The molecule has 0 unspecified atom stereocenters. The topological polar surface area (TPSA) is 39.3 Å². The van der Waals surface area contributed by atoms with Crippen LogP contribution in [0.4, 0.5) is 0 Å².